The molecule has 29 heavy (non-hydrogen) atoms. The number of nitrogens with zero attached hydrogens (tertiary/aromatic N) is 3. The lowest BCUT2D eigenvalue weighted by Gasteiger charge is -2.33. The van der Waals surface area contributed by atoms with Crippen molar-refractivity contribution in [2.75, 3.05) is 13.7 Å². The Morgan fingerprint density at radius 2 is 2.17 bits per heavy atom. The van der Waals surface area contributed by atoms with Crippen LogP contribution in [0.3, 0.4) is 0 Å². The molecule has 0 amide bonds. The summed E-state index contributed by atoms with van der Waals surface area (Å²) in [4.78, 5) is 2.22. The Labute approximate surface area is 174 Å². The molecule has 5 nitrogen and oxygen atoms in total. The van der Waals surface area contributed by atoms with Gasteiger partial charge in [-0.2, -0.15) is 5.10 Å². The average Bonchev–Trinajstić information content (AvgIpc) is 3.13. The van der Waals surface area contributed by atoms with E-state index in [0.717, 1.165) is 41.8 Å². The molecule has 2 aromatic rings. The second-order valence-electron chi connectivity index (χ2n) is 7.52. The van der Waals surface area contributed by atoms with Crippen molar-refractivity contribution < 1.29 is 4.74 Å². The van der Waals surface area contributed by atoms with Crippen LogP contribution < -0.4 is 10.1 Å². The van der Waals surface area contributed by atoms with Crippen LogP contribution >= 0.6 is 0 Å². The maximum atomic E-state index is 6.21. The van der Waals surface area contributed by atoms with Gasteiger partial charge in [0.05, 0.1) is 12.8 Å². The van der Waals surface area contributed by atoms with E-state index in [9.17, 15) is 0 Å². The van der Waals surface area contributed by atoms with Crippen molar-refractivity contribution in [2.45, 2.75) is 39.3 Å². The van der Waals surface area contributed by atoms with Gasteiger partial charge in [0.1, 0.15) is 11.9 Å². The summed E-state index contributed by atoms with van der Waals surface area (Å²) in [6.07, 6.45) is 13.4. The molecule has 0 spiro atoms. The summed E-state index contributed by atoms with van der Waals surface area (Å²) in [6.45, 7) is 9.17. The molecule has 1 unspecified atom stereocenters. The van der Waals surface area contributed by atoms with Crippen LogP contribution in [0, 0.1) is 6.92 Å². The SMILES string of the molecule is C=C(CCC)N1C=C(c2ccc(C)cc2OCCc2cnn(C)c2)C=CC1NC. The minimum absolute atomic E-state index is 0.123. The van der Waals surface area contributed by atoms with Gasteiger partial charge in [0.15, 0.2) is 0 Å². The molecule has 0 saturated heterocycles. The molecule has 0 radical (unpaired) electrons. The molecule has 3 rings (SSSR count). The quantitative estimate of drug-likeness (QED) is 0.686. The molecule has 154 valence electrons. The normalized spacial score (nSPS) is 16.1. The van der Waals surface area contributed by atoms with E-state index < -0.39 is 0 Å². The van der Waals surface area contributed by atoms with Crippen LogP contribution in [0.1, 0.15) is 36.5 Å². The summed E-state index contributed by atoms with van der Waals surface area (Å²) in [5.74, 6) is 0.911. The number of rotatable bonds is 9. The Bertz CT molecular complexity index is 909. The molecule has 0 aliphatic carbocycles. The van der Waals surface area contributed by atoms with Crippen molar-refractivity contribution in [3.8, 4) is 5.75 Å². The Morgan fingerprint density at radius 3 is 2.86 bits per heavy atom. The van der Waals surface area contributed by atoms with E-state index in [1.54, 1.807) is 0 Å². The predicted molar refractivity (Wildman–Crippen MR) is 119 cm³/mol. The lowest BCUT2D eigenvalue weighted by Crippen LogP contribution is -2.40. The molecular weight excluding hydrogens is 360 g/mol. The largest absolute Gasteiger partial charge is 0.493 e. The maximum Gasteiger partial charge on any atom is 0.127 e. The van der Waals surface area contributed by atoms with Crippen LogP contribution in [0.5, 0.6) is 5.75 Å². The minimum Gasteiger partial charge on any atom is -0.493 e. The summed E-state index contributed by atoms with van der Waals surface area (Å²) in [5, 5.41) is 7.56. The number of aryl methyl sites for hydroxylation is 2. The third kappa shape index (κ3) is 5.18. The van der Waals surface area contributed by atoms with Crippen molar-refractivity contribution in [1.29, 1.82) is 0 Å². The Morgan fingerprint density at radius 1 is 1.34 bits per heavy atom. The lowest BCUT2D eigenvalue weighted by atomic mass is 10.0. The first-order valence-electron chi connectivity index (χ1n) is 10.3. The minimum atomic E-state index is 0.123. The highest BCUT2D eigenvalue weighted by molar-refractivity contribution is 5.79. The average molecular weight is 393 g/mol. The van der Waals surface area contributed by atoms with Gasteiger partial charge >= 0.3 is 0 Å². The number of hydrogen-bond acceptors (Lipinski definition) is 4. The number of nitrogens with one attached hydrogen (secondary N) is 1. The summed E-state index contributed by atoms with van der Waals surface area (Å²) in [7, 11) is 3.90. The second-order valence-corrected chi connectivity index (χ2v) is 7.52. The smallest absolute Gasteiger partial charge is 0.127 e. The van der Waals surface area contributed by atoms with Gasteiger partial charge in [0, 0.05) is 42.7 Å². The van der Waals surface area contributed by atoms with E-state index in [1.165, 1.54) is 11.1 Å². The summed E-state index contributed by atoms with van der Waals surface area (Å²) in [6, 6.07) is 6.39. The molecule has 0 saturated carbocycles. The van der Waals surface area contributed by atoms with E-state index >= 15 is 0 Å². The van der Waals surface area contributed by atoms with Crippen molar-refractivity contribution in [3.05, 3.63) is 77.9 Å². The van der Waals surface area contributed by atoms with Crippen LogP contribution in [0.4, 0.5) is 0 Å². The van der Waals surface area contributed by atoms with E-state index in [0.29, 0.717) is 6.61 Å². The Kier molecular flexibility index (Phi) is 6.94. The molecule has 0 fully saturated rings. The third-order valence-electron chi connectivity index (χ3n) is 5.09. The molecule has 2 heterocycles. The monoisotopic (exact) mass is 392 g/mol. The molecule has 0 bridgehead atoms. The molecule has 1 aromatic carbocycles. The van der Waals surface area contributed by atoms with Gasteiger partial charge in [-0.25, -0.2) is 0 Å². The van der Waals surface area contributed by atoms with Crippen LogP contribution in [0.25, 0.3) is 5.57 Å². The first kappa shape index (κ1) is 20.9. The van der Waals surface area contributed by atoms with Crippen molar-refractivity contribution in [2.24, 2.45) is 7.05 Å². The number of benzene rings is 1. The molecular formula is C24H32N4O. The first-order chi connectivity index (χ1) is 14.0. The van der Waals surface area contributed by atoms with Crippen LogP contribution in [0.15, 0.2) is 61.2 Å². The van der Waals surface area contributed by atoms with Gasteiger partial charge in [-0.05, 0) is 43.7 Å². The fraction of sp³-hybridized carbons (Fsp3) is 0.375. The van der Waals surface area contributed by atoms with E-state index in [-0.39, 0.29) is 6.17 Å². The zero-order valence-electron chi connectivity index (χ0n) is 18.0. The molecule has 1 aromatic heterocycles. The molecule has 5 heteroatoms. The van der Waals surface area contributed by atoms with Crippen molar-refractivity contribution >= 4 is 5.57 Å². The molecule has 1 atom stereocenters. The van der Waals surface area contributed by atoms with Crippen LogP contribution in [-0.2, 0) is 13.5 Å². The summed E-state index contributed by atoms with van der Waals surface area (Å²) >= 11 is 0. The number of likely N-dealkylation sites (N-methyl/N-ethyl adjacent to an activating group) is 1. The van der Waals surface area contributed by atoms with Crippen LogP contribution in [0.2, 0.25) is 0 Å². The number of allylic oxidation sites excluding steroid dienone is 3. The molecule has 1 N–H and O–H groups in total. The number of hydrogen-bond donors (Lipinski definition) is 1. The first-order valence-corrected chi connectivity index (χ1v) is 10.3. The topological polar surface area (TPSA) is 42.3 Å². The summed E-state index contributed by atoms with van der Waals surface area (Å²) < 4.78 is 8.03. The predicted octanol–water partition coefficient (Wildman–Crippen LogP) is 4.42. The Hall–Kier alpha value is -2.79. The highest BCUT2D eigenvalue weighted by Crippen LogP contribution is 2.32. The molecule has 1 aliphatic heterocycles. The standard InChI is InChI=1S/C24H32N4O/c1-6-7-19(3)28-17-21(9-11-24(28)25-4)22-10-8-18(2)14-23(22)29-13-12-20-15-26-27(5)16-20/h8-11,14-17,24-25H,3,6-7,12-13H2,1-2,4-5H3. The van der Waals surface area contributed by atoms with E-state index in [4.69, 9.17) is 4.74 Å². The van der Waals surface area contributed by atoms with Gasteiger partial charge in [-0.3, -0.25) is 10.00 Å². The van der Waals surface area contributed by atoms with Gasteiger partial charge < -0.3 is 9.64 Å². The maximum absolute atomic E-state index is 6.21. The van der Waals surface area contributed by atoms with Crippen molar-refractivity contribution in [1.82, 2.24) is 20.0 Å². The zero-order valence-corrected chi connectivity index (χ0v) is 18.0. The van der Waals surface area contributed by atoms with Crippen LogP contribution in [-0.4, -0.2) is 34.5 Å². The molecule has 1 aliphatic rings. The van der Waals surface area contributed by atoms with Crippen molar-refractivity contribution in [3.63, 3.8) is 0 Å². The second kappa shape index (κ2) is 9.61. The third-order valence-corrected chi connectivity index (χ3v) is 5.09. The van der Waals surface area contributed by atoms with E-state index in [2.05, 4.69) is 72.3 Å². The van der Waals surface area contributed by atoms with E-state index in [1.807, 2.05) is 31.2 Å². The Balaban J connectivity index is 1.81. The fourth-order valence-corrected chi connectivity index (χ4v) is 3.53. The van der Waals surface area contributed by atoms with Gasteiger partial charge in [0.25, 0.3) is 0 Å². The fourth-order valence-electron chi connectivity index (χ4n) is 3.53. The number of aromatic nitrogens is 2. The highest BCUT2D eigenvalue weighted by atomic mass is 16.5. The number of ether oxygens (including phenoxy) is 1. The summed E-state index contributed by atoms with van der Waals surface area (Å²) in [5.41, 5.74) is 5.70. The lowest BCUT2D eigenvalue weighted by molar-refractivity contribution is 0.320. The van der Waals surface area contributed by atoms with Gasteiger partial charge in [-0.15, -0.1) is 0 Å². The highest BCUT2D eigenvalue weighted by Gasteiger charge is 2.20. The van der Waals surface area contributed by atoms with Gasteiger partial charge in [-0.1, -0.05) is 38.1 Å². The zero-order chi connectivity index (χ0) is 20.8. The van der Waals surface area contributed by atoms with Gasteiger partial charge in [0.2, 0.25) is 0 Å².